The number of fused-ring (bicyclic) bond motifs is 1. The molecule has 9 heteroatoms. The van der Waals surface area contributed by atoms with Crippen molar-refractivity contribution < 1.29 is 4.74 Å². The predicted molar refractivity (Wildman–Crippen MR) is 129 cm³/mol. The molecule has 9 nitrogen and oxygen atoms in total. The van der Waals surface area contributed by atoms with E-state index < -0.39 is 0 Å². The highest BCUT2D eigenvalue weighted by Crippen LogP contribution is 2.15. The molecule has 1 aromatic carbocycles. The van der Waals surface area contributed by atoms with Crippen LogP contribution in [0.1, 0.15) is 32.5 Å². The van der Waals surface area contributed by atoms with Crippen LogP contribution >= 0.6 is 0 Å². The fraction of sp³-hybridized carbons (Fsp3) is 0.542. The van der Waals surface area contributed by atoms with Crippen LogP contribution in [0.15, 0.2) is 39.9 Å². The van der Waals surface area contributed by atoms with E-state index in [9.17, 15) is 9.59 Å². The highest BCUT2D eigenvalue weighted by molar-refractivity contribution is 5.71. The number of aryl methyl sites for hydroxylation is 2. The van der Waals surface area contributed by atoms with E-state index in [-0.39, 0.29) is 11.2 Å². The Kier molecular flexibility index (Phi) is 7.61. The lowest BCUT2D eigenvalue weighted by Crippen LogP contribution is -2.47. The van der Waals surface area contributed by atoms with E-state index in [4.69, 9.17) is 9.72 Å². The van der Waals surface area contributed by atoms with E-state index in [0.29, 0.717) is 37.4 Å². The Morgan fingerprint density at radius 3 is 2.39 bits per heavy atom. The van der Waals surface area contributed by atoms with Crippen LogP contribution in [-0.2, 0) is 19.6 Å². The number of piperazine rings is 1. The Morgan fingerprint density at radius 2 is 1.70 bits per heavy atom. The van der Waals surface area contributed by atoms with Crippen LogP contribution in [0.25, 0.3) is 11.2 Å². The highest BCUT2D eigenvalue weighted by Gasteiger charge is 2.22. The summed E-state index contributed by atoms with van der Waals surface area (Å²) in [6, 6.07) is 9.90. The summed E-state index contributed by atoms with van der Waals surface area (Å²) in [5.41, 5.74) is 0.275. The van der Waals surface area contributed by atoms with Gasteiger partial charge in [0.05, 0.1) is 6.54 Å². The fourth-order valence-electron chi connectivity index (χ4n) is 4.38. The van der Waals surface area contributed by atoms with Gasteiger partial charge in [-0.05, 0) is 25.5 Å². The maximum absolute atomic E-state index is 12.6. The Labute approximate surface area is 193 Å². The molecule has 4 rings (SSSR count). The summed E-state index contributed by atoms with van der Waals surface area (Å²) in [6.45, 7) is 11.3. The third kappa shape index (κ3) is 5.36. The van der Waals surface area contributed by atoms with Crippen LogP contribution in [-0.4, -0.2) is 68.2 Å². The maximum atomic E-state index is 12.6. The Morgan fingerprint density at radius 1 is 0.970 bits per heavy atom. The minimum absolute atomic E-state index is 0.355. The third-order valence-corrected chi connectivity index (χ3v) is 6.27. The normalized spacial score (nSPS) is 15.3. The zero-order valence-corrected chi connectivity index (χ0v) is 19.6. The van der Waals surface area contributed by atoms with Crippen molar-refractivity contribution >= 4 is 11.2 Å². The summed E-state index contributed by atoms with van der Waals surface area (Å²) < 4.78 is 9.39. The van der Waals surface area contributed by atoms with Crippen molar-refractivity contribution in [3.8, 4) is 5.75 Å². The van der Waals surface area contributed by atoms with Gasteiger partial charge < -0.3 is 9.30 Å². The highest BCUT2D eigenvalue weighted by atomic mass is 16.5. The van der Waals surface area contributed by atoms with Crippen molar-refractivity contribution in [3.63, 3.8) is 0 Å². The minimum atomic E-state index is -0.375. The summed E-state index contributed by atoms with van der Waals surface area (Å²) in [4.78, 5) is 37.0. The topological polar surface area (TPSA) is 88.4 Å². The van der Waals surface area contributed by atoms with Gasteiger partial charge in [-0.1, -0.05) is 31.5 Å². The molecule has 1 saturated heterocycles. The first kappa shape index (κ1) is 23.3. The molecule has 2 aromatic heterocycles. The van der Waals surface area contributed by atoms with E-state index in [2.05, 4.69) is 21.7 Å². The van der Waals surface area contributed by atoms with Crippen molar-refractivity contribution in [1.82, 2.24) is 28.9 Å². The quantitative estimate of drug-likeness (QED) is 0.503. The summed E-state index contributed by atoms with van der Waals surface area (Å²) >= 11 is 0. The number of H-pyrrole nitrogens is 1. The number of unbranched alkanes of at least 4 members (excludes halogenated alkanes) is 1. The second kappa shape index (κ2) is 10.8. The van der Waals surface area contributed by atoms with Gasteiger partial charge in [-0.3, -0.25) is 24.1 Å². The molecule has 0 saturated carbocycles. The molecule has 0 aliphatic carbocycles. The Balaban J connectivity index is 1.40. The molecule has 1 N–H and O–H groups in total. The van der Waals surface area contributed by atoms with Gasteiger partial charge in [-0.2, -0.15) is 0 Å². The molecule has 0 amide bonds. The van der Waals surface area contributed by atoms with Gasteiger partial charge in [-0.15, -0.1) is 0 Å². The molecule has 1 aliphatic heterocycles. The molecular weight excluding hydrogens is 420 g/mol. The molecule has 33 heavy (non-hydrogen) atoms. The van der Waals surface area contributed by atoms with E-state index in [1.165, 1.54) is 0 Å². The van der Waals surface area contributed by atoms with E-state index in [1.807, 2.05) is 41.8 Å². The fourth-order valence-corrected chi connectivity index (χ4v) is 4.38. The Bertz CT molecular complexity index is 1160. The molecule has 1 aliphatic rings. The number of nitrogens with one attached hydrogen (secondary N) is 1. The van der Waals surface area contributed by atoms with Crippen molar-refractivity contribution in [2.45, 2.75) is 46.3 Å². The molecule has 0 atom stereocenters. The van der Waals surface area contributed by atoms with Crippen molar-refractivity contribution in [3.05, 3.63) is 57.0 Å². The van der Waals surface area contributed by atoms with Crippen LogP contribution in [0.4, 0.5) is 0 Å². The first-order valence-corrected chi connectivity index (χ1v) is 12.0. The smallest absolute Gasteiger partial charge is 0.330 e. The zero-order chi connectivity index (χ0) is 23.2. The number of rotatable bonds is 10. The molecule has 1 fully saturated rings. The second-order valence-corrected chi connectivity index (χ2v) is 8.49. The molecule has 0 bridgehead atoms. The number of ether oxygens (including phenoxy) is 1. The SMILES string of the molecule is CCCCn1c(=O)[nH]c(=O)c2c1nc(CN1CCN(CCOc3ccccc3)CC1)n2CC. The monoisotopic (exact) mass is 454 g/mol. The second-order valence-electron chi connectivity index (χ2n) is 8.49. The molecule has 3 heterocycles. The first-order valence-electron chi connectivity index (χ1n) is 12.0. The number of hydrogen-bond acceptors (Lipinski definition) is 6. The van der Waals surface area contributed by atoms with Gasteiger partial charge in [-0.25, -0.2) is 9.78 Å². The first-order chi connectivity index (χ1) is 16.1. The number of para-hydroxylation sites is 1. The molecule has 0 radical (unpaired) electrons. The maximum Gasteiger partial charge on any atom is 0.330 e. The lowest BCUT2D eigenvalue weighted by Gasteiger charge is -2.34. The summed E-state index contributed by atoms with van der Waals surface area (Å²) in [7, 11) is 0. The van der Waals surface area contributed by atoms with E-state index >= 15 is 0 Å². The van der Waals surface area contributed by atoms with Crippen LogP contribution < -0.4 is 16.0 Å². The van der Waals surface area contributed by atoms with Crippen molar-refractivity contribution in [2.24, 2.45) is 0 Å². The number of nitrogens with zero attached hydrogens (tertiary/aromatic N) is 5. The zero-order valence-electron chi connectivity index (χ0n) is 19.6. The van der Waals surface area contributed by atoms with Gasteiger partial charge in [0.25, 0.3) is 5.56 Å². The number of hydrogen-bond donors (Lipinski definition) is 1. The van der Waals surface area contributed by atoms with Gasteiger partial charge in [0.2, 0.25) is 0 Å². The molecule has 0 unspecified atom stereocenters. The average molecular weight is 455 g/mol. The van der Waals surface area contributed by atoms with Gasteiger partial charge in [0.1, 0.15) is 18.2 Å². The predicted octanol–water partition coefficient (Wildman–Crippen LogP) is 1.90. The van der Waals surface area contributed by atoms with Crippen LogP contribution in [0, 0.1) is 0 Å². The molecular formula is C24H34N6O3. The van der Waals surface area contributed by atoms with Crippen LogP contribution in [0.5, 0.6) is 5.75 Å². The van der Waals surface area contributed by atoms with Gasteiger partial charge in [0, 0.05) is 45.8 Å². The van der Waals surface area contributed by atoms with Gasteiger partial charge >= 0.3 is 5.69 Å². The lowest BCUT2D eigenvalue weighted by atomic mass is 10.3. The third-order valence-electron chi connectivity index (χ3n) is 6.27. The number of benzene rings is 1. The van der Waals surface area contributed by atoms with Crippen molar-refractivity contribution in [1.29, 1.82) is 0 Å². The standard InChI is InChI=1S/C24H34N6O3/c1-3-5-11-30-22-21(23(31)26-24(30)32)29(4-2)20(25-22)18-28-14-12-27(13-15-28)16-17-33-19-9-7-6-8-10-19/h6-10H,3-5,11-18H2,1-2H3,(H,26,31,32). The molecule has 178 valence electrons. The van der Waals surface area contributed by atoms with E-state index in [1.54, 1.807) is 4.57 Å². The van der Waals surface area contributed by atoms with Crippen LogP contribution in [0.2, 0.25) is 0 Å². The number of aromatic nitrogens is 4. The van der Waals surface area contributed by atoms with Gasteiger partial charge in [0.15, 0.2) is 11.2 Å². The minimum Gasteiger partial charge on any atom is -0.492 e. The largest absolute Gasteiger partial charge is 0.492 e. The lowest BCUT2D eigenvalue weighted by molar-refractivity contribution is 0.110. The van der Waals surface area contributed by atoms with E-state index in [0.717, 1.165) is 57.1 Å². The molecule has 3 aromatic rings. The summed E-state index contributed by atoms with van der Waals surface area (Å²) in [5, 5.41) is 0. The number of aromatic amines is 1. The average Bonchev–Trinajstić information content (AvgIpc) is 3.19. The summed E-state index contributed by atoms with van der Waals surface area (Å²) in [5.74, 6) is 1.75. The van der Waals surface area contributed by atoms with Crippen LogP contribution in [0.3, 0.4) is 0 Å². The summed E-state index contributed by atoms with van der Waals surface area (Å²) in [6.07, 6.45) is 1.83. The number of imidazole rings is 1. The Hall–Kier alpha value is -2.91. The molecule has 0 spiro atoms. The van der Waals surface area contributed by atoms with Crippen molar-refractivity contribution in [2.75, 3.05) is 39.3 Å².